The molecule has 0 atom stereocenters. The normalized spacial score (nSPS) is 15.4. The summed E-state index contributed by atoms with van der Waals surface area (Å²) in [6.45, 7) is 11.6. The monoisotopic (exact) mass is 395 g/mol. The van der Waals surface area contributed by atoms with Crippen LogP contribution in [0.4, 0.5) is 0 Å². The van der Waals surface area contributed by atoms with Crippen molar-refractivity contribution in [1.82, 2.24) is 24.9 Å². The number of aryl methyl sites for hydroxylation is 3. The standard InChI is InChI=1S/C22H29N5O2/c1-7-14-11-16(13(3)23-20(14)28-6)19-24-21(29-26-19)18-15-9-10-22(4,5)12-17(15)27(8-2)25-18/h11H,7-10,12H2,1-6H3. The van der Waals surface area contributed by atoms with Crippen LogP contribution in [-0.2, 0) is 25.8 Å². The fourth-order valence-electron chi connectivity index (χ4n) is 4.14. The molecule has 4 rings (SSSR count). The molecule has 0 fully saturated rings. The average molecular weight is 396 g/mol. The first-order chi connectivity index (χ1) is 13.9. The molecule has 0 aliphatic heterocycles. The van der Waals surface area contributed by atoms with Crippen molar-refractivity contribution < 1.29 is 9.26 Å². The second kappa shape index (κ2) is 7.28. The van der Waals surface area contributed by atoms with Gasteiger partial charge in [0.2, 0.25) is 11.7 Å². The van der Waals surface area contributed by atoms with E-state index in [1.807, 2.05) is 13.0 Å². The second-order valence-corrected chi connectivity index (χ2v) is 8.50. The molecule has 0 radical (unpaired) electrons. The number of ether oxygens (including phenoxy) is 1. The number of fused-ring (bicyclic) bond motifs is 1. The minimum absolute atomic E-state index is 0.291. The Bertz CT molecular complexity index is 1050. The van der Waals surface area contributed by atoms with Crippen LogP contribution in [0.5, 0.6) is 5.88 Å². The Balaban J connectivity index is 1.76. The number of methoxy groups -OCH3 is 1. The third-order valence-corrected chi connectivity index (χ3v) is 5.86. The SMILES string of the molecule is CCc1cc(-c2noc(-c3nn(CC)c4c3CCC(C)(C)C4)n2)c(C)nc1OC. The van der Waals surface area contributed by atoms with E-state index in [-0.39, 0.29) is 0 Å². The van der Waals surface area contributed by atoms with Crippen molar-refractivity contribution in [2.75, 3.05) is 7.11 Å². The van der Waals surface area contributed by atoms with Crippen LogP contribution in [0.3, 0.4) is 0 Å². The van der Waals surface area contributed by atoms with Crippen LogP contribution in [0.2, 0.25) is 0 Å². The topological polar surface area (TPSA) is 78.9 Å². The van der Waals surface area contributed by atoms with Gasteiger partial charge in [0.1, 0.15) is 0 Å². The minimum atomic E-state index is 0.291. The smallest absolute Gasteiger partial charge is 0.279 e. The Hall–Kier alpha value is -2.70. The van der Waals surface area contributed by atoms with Gasteiger partial charge in [-0.3, -0.25) is 4.68 Å². The van der Waals surface area contributed by atoms with Gasteiger partial charge in [0.25, 0.3) is 5.89 Å². The zero-order valence-corrected chi connectivity index (χ0v) is 18.2. The number of hydrogen-bond donors (Lipinski definition) is 0. The molecule has 154 valence electrons. The molecule has 7 nitrogen and oxygen atoms in total. The molecule has 0 aromatic carbocycles. The van der Waals surface area contributed by atoms with Gasteiger partial charge >= 0.3 is 0 Å². The predicted octanol–water partition coefficient (Wildman–Crippen LogP) is 4.41. The molecule has 0 unspecified atom stereocenters. The Morgan fingerprint density at radius 1 is 1.24 bits per heavy atom. The highest BCUT2D eigenvalue weighted by molar-refractivity contribution is 5.63. The summed E-state index contributed by atoms with van der Waals surface area (Å²) in [6, 6.07) is 2.04. The van der Waals surface area contributed by atoms with Crippen LogP contribution in [-0.4, -0.2) is 32.0 Å². The van der Waals surface area contributed by atoms with Gasteiger partial charge in [-0.05, 0) is 51.0 Å². The average Bonchev–Trinajstić information content (AvgIpc) is 3.31. The molecule has 0 spiro atoms. The highest BCUT2D eigenvalue weighted by atomic mass is 16.5. The minimum Gasteiger partial charge on any atom is -0.481 e. The van der Waals surface area contributed by atoms with E-state index in [9.17, 15) is 0 Å². The maximum Gasteiger partial charge on any atom is 0.279 e. The van der Waals surface area contributed by atoms with E-state index in [0.29, 0.717) is 23.0 Å². The van der Waals surface area contributed by atoms with Gasteiger partial charge in [-0.1, -0.05) is 25.9 Å². The molecule has 0 bridgehead atoms. The quantitative estimate of drug-likeness (QED) is 0.637. The van der Waals surface area contributed by atoms with E-state index in [1.54, 1.807) is 7.11 Å². The van der Waals surface area contributed by atoms with E-state index >= 15 is 0 Å². The van der Waals surface area contributed by atoms with Crippen LogP contribution in [0.1, 0.15) is 56.6 Å². The summed E-state index contributed by atoms with van der Waals surface area (Å²) in [6.07, 6.45) is 3.95. The van der Waals surface area contributed by atoms with Crippen LogP contribution in [0.15, 0.2) is 10.6 Å². The summed E-state index contributed by atoms with van der Waals surface area (Å²) in [5.41, 5.74) is 6.37. The molecule has 1 aliphatic rings. The molecular weight excluding hydrogens is 366 g/mol. The van der Waals surface area contributed by atoms with E-state index in [2.05, 4.69) is 42.5 Å². The van der Waals surface area contributed by atoms with Gasteiger partial charge in [0.05, 0.1) is 12.8 Å². The van der Waals surface area contributed by atoms with Crippen LogP contribution in [0.25, 0.3) is 23.0 Å². The van der Waals surface area contributed by atoms with Gasteiger partial charge in [0.15, 0.2) is 5.69 Å². The largest absolute Gasteiger partial charge is 0.481 e. The number of rotatable bonds is 5. The summed E-state index contributed by atoms with van der Waals surface area (Å²) in [4.78, 5) is 9.26. The lowest BCUT2D eigenvalue weighted by Gasteiger charge is -2.30. The van der Waals surface area contributed by atoms with E-state index in [1.165, 1.54) is 11.3 Å². The maximum atomic E-state index is 5.67. The first kappa shape index (κ1) is 19.6. The Labute approximate surface area is 171 Å². The summed E-state index contributed by atoms with van der Waals surface area (Å²) in [7, 11) is 1.64. The summed E-state index contributed by atoms with van der Waals surface area (Å²) >= 11 is 0. The lowest BCUT2D eigenvalue weighted by Crippen LogP contribution is -2.24. The third-order valence-electron chi connectivity index (χ3n) is 5.86. The maximum absolute atomic E-state index is 5.67. The molecule has 7 heteroatoms. The first-order valence-corrected chi connectivity index (χ1v) is 10.3. The Kier molecular flexibility index (Phi) is 4.92. The van der Waals surface area contributed by atoms with Crippen LogP contribution < -0.4 is 4.74 Å². The first-order valence-electron chi connectivity index (χ1n) is 10.3. The van der Waals surface area contributed by atoms with Crippen molar-refractivity contribution in [1.29, 1.82) is 0 Å². The van der Waals surface area contributed by atoms with Gasteiger partial charge in [-0.25, -0.2) is 4.98 Å². The second-order valence-electron chi connectivity index (χ2n) is 8.50. The summed E-state index contributed by atoms with van der Waals surface area (Å²) in [5.74, 6) is 1.67. The highest BCUT2D eigenvalue weighted by Gasteiger charge is 2.32. The fourth-order valence-corrected chi connectivity index (χ4v) is 4.14. The molecule has 1 aliphatic carbocycles. The van der Waals surface area contributed by atoms with Gasteiger partial charge in [-0.2, -0.15) is 10.1 Å². The van der Waals surface area contributed by atoms with E-state index in [4.69, 9.17) is 19.3 Å². The molecule has 3 aromatic rings. The van der Waals surface area contributed by atoms with Crippen LogP contribution >= 0.6 is 0 Å². The number of pyridine rings is 1. The molecule has 0 saturated carbocycles. The molecule has 0 amide bonds. The van der Waals surface area contributed by atoms with Crippen molar-refractivity contribution in [2.24, 2.45) is 5.41 Å². The summed E-state index contributed by atoms with van der Waals surface area (Å²) in [5, 5.41) is 9.07. The molecular formula is C22H29N5O2. The molecule has 29 heavy (non-hydrogen) atoms. The van der Waals surface area contributed by atoms with Crippen molar-refractivity contribution in [3.05, 3.63) is 28.6 Å². The number of nitrogens with zero attached hydrogens (tertiary/aromatic N) is 5. The fraction of sp³-hybridized carbons (Fsp3) is 0.545. The van der Waals surface area contributed by atoms with Crippen molar-refractivity contribution >= 4 is 0 Å². The molecule has 0 N–H and O–H groups in total. The van der Waals surface area contributed by atoms with Crippen molar-refractivity contribution in [3.63, 3.8) is 0 Å². The predicted molar refractivity (Wildman–Crippen MR) is 111 cm³/mol. The van der Waals surface area contributed by atoms with Gasteiger partial charge in [-0.15, -0.1) is 0 Å². The van der Waals surface area contributed by atoms with Crippen molar-refractivity contribution in [2.45, 2.75) is 66.8 Å². The Morgan fingerprint density at radius 3 is 2.72 bits per heavy atom. The molecule has 3 aromatic heterocycles. The summed E-state index contributed by atoms with van der Waals surface area (Å²) < 4.78 is 13.1. The van der Waals surface area contributed by atoms with Gasteiger partial charge in [0, 0.05) is 28.9 Å². The van der Waals surface area contributed by atoms with Crippen LogP contribution in [0, 0.1) is 12.3 Å². The lowest BCUT2D eigenvalue weighted by molar-refractivity contribution is 0.304. The number of hydrogen-bond acceptors (Lipinski definition) is 6. The Morgan fingerprint density at radius 2 is 2.03 bits per heavy atom. The number of aromatic nitrogens is 5. The van der Waals surface area contributed by atoms with E-state index < -0.39 is 0 Å². The lowest BCUT2D eigenvalue weighted by atomic mass is 9.76. The van der Waals surface area contributed by atoms with E-state index in [0.717, 1.165) is 54.7 Å². The molecule has 3 heterocycles. The zero-order valence-electron chi connectivity index (χ0n) is 18.2. The third kappa shape index (κ3) is 3.43. The zero-order chi connectivity index (χ0) is 20.8. The van der Waals surface area contributed by atoms with Gasteiger partial charge < -0.3 is 9.26 Å². The molecule has 0 saturated heterocycles. The van der Waals surface area contributed by atoms with Crippen molar-refractivity contribution in [3.8, 4) is 28.9 Å². The highest BCUT2D eigenvalue weighted by Crippen LogP contribution is 2.39.